The Morgan fingerprint density at radius 1 is 0.939 bits per heavy atom. The molecule has 0 aliphatic carbocycles. The van der Waals surface area contributed by atoms with Gasteiger partial charge in [-0.05, 0) is 42.4 Å². The van der Waals surface area contributed by atoms with E-state index in [1.165, 1.54) is 5.56 Å². The molecule has 2 saturated heterocycles. The summed E-state index contributed by atoms with van der Waals surface area (Å²) in [4.78, 5) is 44.3. The molecule has 4 amide bonds. The molecule has 0 unspecified atom stereocenters. The summed E-state index contributed by atoms with van der Waals surface area (Å²) in [6.45, 7) is 1.13. The van der Waals surface area contributed by atoms with Crippen molar-refractivity contribution in [2.75, 3.05) is 19.6 Å². The zero-order chi connectivity index (χ0) is 22.8. The number of para-hydroxylation sites is 1. The number of imide groups is 1. The fourth-order valence-corrected chi connectivity index (χ4v) is 4.95. The third kappa shape index (κ3) is 4.49. The molecule has 7 heteroatoms. The number of likely N-dealkylation sites (tertiary alicyclic amines) is 1. The number of carbonyl (C=O) groups excluding carboxylic acids is 3. The second-order valence-electron chi connectivity index (χ2n) is 9.00. The molecule has 7 nitrogen and oxygen atoms in total. The highest BCUT2D eigenvalue weighted by molar-refractivity contribution is 6.06. The number of aromatic amines is 1. The van der Waals surface area contributed by atoms with Gasteiger partial charge in [0.1, 0.15) is 12.6 Å². The topological polar surface area (TPSA) is 85.5 Å². The van der Waals surface area contributed by atoms with E-state index in [-0.39, 0.29) is 18.4 Å². The maximum atomic E-state index is 12.9. The molecule has 2 aliphatic heterocycles. The normalized spacial score (nSPS) is 19.3. The summed E-state index contributed by atoms with van der Waals surface area (Å²) in [6.07, 6.45) is 5.15. The monoisotopic (exact) mass is 444 g/mol. The van der Waals surface area contributed by atoms with Crippen LogP contribution in [0.4, 0.5) is 4.79 Å². The van der Waals surface area contributed by atoms with E-state index in [0.29, 0.717) is 25.4 Å². The predicted octanol–water partition coefficient (Wildman–Crippen LogP) is 3.11. The van der Waals surface area contributed by atoms with Gasteiger partial charge in [-0.25, -0.2) is 4.79 Å². The highest BCUT2D eigenvalue weighted by Crippen LogP contribution is 2.23. The third-order valence-corrected chi connectivity index (χ3v) is 6.83. The molecule has 2 aliphatic rings. The SMILES string of the molecule is O=C(CN1C(=O)N[C@@H](Cc2c[nH]c3ccccc23)C1=O)N1CCC(Cc2ccccc2)CC1. The number of carbonyl (C=O) groups is 3. The van der Waals surface area contributed by atoms with E-state index < -0.39 is 12.1 Å². The Balaban J connectivity index is 1.15. The molecule has 0 saturated carbocycles. The number of amides is 4. The first-order chi connectivity index (χ1) is 16.1. The van der Waals surface area contributed by atoms with Gasteiger partial charge < -0.3 is 15.2 Å². The van der Waals surface area contributed by atoms with Crippen molar-refractivity contribution in [3.8, 4) is 0 Å². The van der Waals surface area contributed by atoms with Crippen molar-refractivity contribution < 1.29 is 14.4 Å². The van der Waals surface area contributed by atoms with E-state index >= 15 is 0 Å². The second-order valence-corrected chi connectivity index (χ2v) is 9.00. The number of urea groups is 1. The number of nitrogens with zero attached hydrogens (tertiary/aromatic N) is 2. The average Bonchev–Trinajstić information content (AvgIpc) is 3.36. The second kappa shape index (κ2) is 9.10. The van der Waals surface area contributed by atoms with E-state index in [4.69, 9.17) is 0 Å². The van der Waals surface area contributed by atoms with Crippen LogP contribution in [0.15, 0.2) is 60.8 Å². The molecule has 1 atom stereocenters. The molecule has 33 heavy (non-hydrogen) atoms. The Bertz CT molecular complexity index is 1160. The molecule has 0 radical (unpaired) electrons. The fourth-order valence-electron chi connectivity index (χ4n) is 4.95. The van der Waals surface area contributed by atoms with Crippen LogP contribution in [0.3, 0.4) is 0 Å². The molecule has 3 heterocycles. The molecule has 0 bridgehead atoms. The van der Waals surface area contributed by atoms with Crippen molar-refractivity contribution in [2.24, 2.45) is 5.92 Å². The van der Waals surface area contributed by atoms with Crippen molar-refractivity contribution in [3.63, 3.8) is 0 Å². The highest BCUT2D eigenvalue weighted by Gasteiger charge is 2.40. The van der Waals surface area contributed by atoms with Gasteiger partial charge in [-0.2, -0.15) is 0 Å². The van der Waals surface area contributed by atoms with Gasteiger partial charge >= 0.3 is 6.03 Å². The van der Waals surface area contributed by atoms with Crippen molar-refractivity contribution in [1.82, 2.24) is 20.1 Å². The van der Waals surface area contributed by atoms with Gasteiger partial charge in [0, 0.05) is 36.6 Å². The number of aromatic nitrogens is 1. The molecule has 3 aromatic rings. The predicted molar refractivity (Wildman–Crippen MR) is 125 cm³/mol. The third-order valence-electron chi connectivity index (χ3n) is 6.83. The van der Waals surface area contributed by atoms with Gasteiger partial charge in [0.25, 0.3) is 5.91 Å². The van der Waals surface area contributed by atoms with Crippen LogP contribution in [-0.2, 0) is 22.4 Å². The number of piperidine rings is 1. The Labute approximate surface area is 192 Å². The number of nitrogens with one attached hydrogen (secondary N) is 2. The first kappa shape index (κ1) is 21.2. The van der Waals surface area contributed by atoms with Crippen molar-refractivity contribution in [2.45, 2.75) is 31.7 Å². The summed E-state index contributed by atoms with van der Waals surface area (Å²) in [5.74, 6) is 0.0516. The van der Waals surface area contributed by atoms with E-state index in [1.54, 1.807) is 4.90 Å². The number of fused-ring (bicyclic) bond motifs is 1. The minimum Gasteiger partial charge on any atom is -0.361 e. The Kier molecular flexibility index (Phi) is 5.86. The molecule has 5 rings (SSSR count). The van der Waals surface area contributed by atoms with Gasteiger partial charge in [0.05, 0.1) is 0 Å². The molecular formula is C26H28N4O3. The summed E-state index contributed by atoms with van der Waals surface area (Å²) in [5.41, 5.74) is 3.28. The van der Waals surface area contributed by atoms with Crippen LogP contribution in [0.25, 0.3) is 10.9 Å². The summed E-state index contributed by atoms with van der Waals surface area (Å²) in [5, 5.41) is 3.79. The fraction of sp³-hybridized carbons (Fsp3) is 0.346. The molecule has 2 aromatic carbocycles. The Morgan fingerprint density at radius 2 is 1.67 bits per heavy atom. The lowest BCUT2D eigenvalue weighted by atomic mass is 9.90. The number of hydrogen-bond donors (Lipinski definition) is 2. The minimum absolute atomic E-state index is 0.163. The van der Waals surface area contributed by atoms with E-state index in [0.717, 1.165) is 40.6 Å². The van der Waals surface area contributed by atoms with Gasteiger partial charge in [0.2, 0.25) is 5.91 Å². The highest BCUT2D eigenvalue weighted by atomic mass is 16.2. The lowest BCUT2D eigenvalue weighted by Crippen LogP contribution is -2.46. The molecule has 0 spiro atoms. The van der Waals surface area contributed by atoms with Crippen molar-refractivity contribution in [1.29, 1.82) is 0 Å². The zero-order valence-electron chi connectivity index (χ0n) is 18.5. The summed E-state index contributed by atoms with van der Waals surface area (Å²) in [6, 6.07) is 17.1. The van der Waals surface area contributed by atoms with Crippen LogP contribution in [0.5, 0.6) is 0 Å². The van der Waals surface area contributed by atoms with Crippen LogP contribution < -0.4 is 5.32 Å². The standard InChI is InChI=1S/C26H28N4O3/c31-24(29-12-10-19(11-13-29)14-18-6-2-1-3-7-18)17-30-25(32)23(28-26(30)33)15-20-16-27-22-9-5-4-8-21(20)22/h1-9,16,19,23,27H,10-15,17H2,(H,28,33)/t23-/m0/s1. The minimum atomic E-state index is -0.652. The van der Waals surface area contributed by atoms with Gasteiger partial charge in [-0.1, -0.05) is 48.5 Å². The quantitative estimate of drug-likeness (QED) is 0.573. The number of benzene rings is 2. The van der Waals surface area contributed by atoms with Crippen molar-refractivity contribution in [3.05, 3.63) is 71.9 Å². The summed E-state index contributed by atoms with van der Waals surface area (Å²) >= 11 is 0. The van der Waals surface area contributed by atoms with E-state index in [1.807, 2.05) is 36.5 Å². The zero-order valence-corrected chi connectivity index (χ0v) is 18.5. The van der Waals surface area contributed by atoms with E-state index in [2.05, 4.69) is 34.6 Å². The summed E-state index contributed by atoms with van der Waals surface area (Å²) < 4.78 is 0. The lowest BCUT2D eigenvalue weighted by Gasteiger charge is -2.32. The van der Waals surface area contributed by atoms with Crippen LogP contribution in [0, 0.1) is 5.92 Å². The van der Waals surface area contributed by atoms with Crippen molar-refractivity contribution >= 4 is 28.7 Å². The lowest BCUT2D eigenvalue weighted by molar-refractivity contribution is -0.138. The van der Waals surface area contributed by atoms with Crippen LogP contribution in [0.1, 0.15) is 24.0 Å². The maximum Gasteiger partial charge on any atom is 0.325 e. The van der Waals surface area contributed by atoms with E-state index in [9.17, 15) is 14.4 Å². The molecule has 2 fully saturated rings. The number of rotatable bonds is 6. The molecule has 2 N–H and O–H groups in total. The molecular weight excluding hydrogens is 416 g/mol. The smallest absolute Gasteiger partial charge is 0.325 e. The number of hydrogen-bond acceptors (Lipinski definition) is 3. The molecule has 1 aromatic heterocycles. The first-order valence-electron chi connectivity index (χ1n) is 11.6. The van der Waals surface area contributed by atoms with Crippen LogP contribution >= 0.6 is 0 Å². The summed E-state index contributed by atoms with van der Waals surface area (Å²) in [7, 11) is 0. The van der Waals surface area contributed by atoms with Crippen LogP contribution in [-0.4, -0.2) is 58.3 Å². The largest absolute Gasteiger partial charge is 0.361 e. The first-order valence-corrected chi connectivity index (χ1v) is 11.6. The van der Waals surface area contributed by atoms with Gasteiger partial charge in [0.15, 0.2) is 0 Å². The number of H-pyrrole nitrogens is 1. The van der Waals surface area contributed by atoms with Gasteiger partial charge in [-0.15, -0.1) is 0 Å². The maximum absolute atomic E-state index is 12.9. The Hall–Kier alpha value is -3.61. The van der Waals surface area contributed by atoms with Gasteiger partial charge in [-0.3, -0.25) is 14.5 Å². The average molecular weight is 445 g/mol. The Morgan fingerprint density at radius 3 is 2.45 bits per heavy atom. The molecule has 170 valence electrons. The van der Waals surface area contributed by atoms with Crippen LogP contribution in [0.2, 0.25) is 0 Å².